The van der Waals surface area contributed by atoms with Crippen molar-refractivity contribution in [3.8, 4) is 5.69 Å². The number of fused-ring (bicyclic) bond motifs is 10. The van der Waals surface area contributed by atoms with Crippen LogP contribution in [0.5, 0.6) is 0 Å². The molecule has 0 saturated heterocycles. The van der Waals surface area contributed by atoms with Crippen molar-refractivity contribution < 1.29 is 0 Å². The molecule has 4 aliphatic rings. The van der Waals surface area contributed by atoms with Gasteiger partial charge in [0.15, 0.2) is 16.1 Å². The number of hydrogen-bond acceptors (Lipinski definition) is 2. The lowest BCUT2D eigenvalue weighted by Gasteiger charge is -2.52. The lowest BCUT2D eigenvalue weighted by atomic mass is 9.33. The lowest BCUT2D eigenvalue weighted by molar-refractivity contribution is 0.195. The molecule has 17 rings (SSSR count). The molecule has 0 radical (unpaired) electrons. The monoisotopic (exact) mass is 1250 g/mol. The SMILES string of the molecule is CC(C)(C)c1ccc(N(c2ccc(C(C)(C)C)cc2)c2cc3c4c(c2)-n2c5ccc([Si](c6ccccc6)(c6ccccc6)c6ccccc6)cc5c5cc([Si](c6ccccc6)(c6ccccc6)c6ccccc6)cc(c52)B4c2cccc4c2N3C2(C)CCCCC42C)cc1. The average molecular weight is 1250 g/mol. The van der Waals surface area contributed by atoms with Gasteiger partial charge in [-0.2, -0.15) is 0 Å². The van der Waals surface area contributed by atoms with Crippen molar-refractivity contribution in [2.75, 3.05) is 9.80 Å². The quantitative estimate of drug-likeness (QED) is 0.0945. The molecule has 6 heteroatoms. The summed E-state index contributed by atoms with van der Waals surface area (Å²) in [7, 11) is -6.19. The fourth-order valence-electron chi connectivity index (χ4n) is 18.2. The summed E-state index contributed by atoms with van der Waals surface area (Å²) in [5.41, 5.74) is 18.1. The molecule has 94 heavy (non-hydrogen) atoms. The van der Waals surface area contributed by atoms with Crippen molar-refractivity contribution >= 4 is 131 Å². The Morgan fingerprint density at radius 2 is 0.819 bits per heavy atom. The van der Waals surface area contributed by atoms with Gasteiger partial charge in [0.1, 0.15) is 0 Å². The summed E-state index contributed by atoms with van der Waals surface area (Å²) in [5.74, 6) is 0. The molecule has 4 heterocycles. The highest BCUT2D eigenvalue weighted by Gasteiger charge is 2.61. The molecule has 13 aromatic rings. The summed E-state index contributed by atoms with van der Waals surface area (Å²) in [6, 6.07) is 114. The van der Waals surface area contributed by atoms with Gasteiger partial charge in [-0.05, 0) is 148 Å². The van der Waals surface area contributed by atoms with Crippen LogP contribution >= 0.6 is 0 Å². The van der Waals surface area contributed by atoms with E-state index in [4.69, 9.17) is 0 Å². The van der Waals surface area contributed by atoms with Crippen LogP contribution in [0.2, 0.25) is 0 Å². The Bertz CT molecular complexity index is 4810. The Balaban J connectivity index is 1.06. The van der Waals surface area contributed by atoms with Gasteiger partial charge in [0.2, 0.25) is 0 Å². The van der Waals surface area contributed by atoms with E-state index in [0.717, 1.165) is 29.9 Å². The Morgan fingerprint density at radius 3 is 1.29 bits per heavy atom. The maximum Gasteiger partial charge on any atom is 0.252 e. The summed E-state index contributed by atoms with van der Waals surface area (Å²) in [6.45, 7) is 19.1. The molecule has 0 amide bonds. The van der Waals surface area contributed by atoms with Crippen LogP contribution in [0.15, 0.2) is 291 Å². The predicted molar refractivity (Wildman–Crippen MR) is 408 cm³/mol. The van der Waals surface area contributed by atoms with Gasteiger partial charge in [-0.1, -0.05) is 310 Å². The Kier molecular flexibility index (Phi) is 13.4. The summed E-state index contributed by atoms with van der Waals surface area (Å²) >= 11 is 0. The van der Waals surface area contributed by atoms with Gasteiger partial charge < -0.3 is 14.4 Å². The molecular formula is C88H80BN3Si2. The van der Waals surface area contributed by atoms with Crippen LogP contribution in [0, 0.1) is 0 Å². The minimum Gasteiger partial charge on any atom is -0.335 e. The second-order valence-corrected chi connectivity index (χ2v) is 37.5. The van der Waals surface area contributed by atoms with E-state index < -0.39 is 16.1 Å². The molecule has 458 valence electrons. The largest absolute Gasteiger partial charge is 0.335 e. The number of para-hydroxylation sites is 1. The second-order valence-electron chi connectivity index (χ2n) is 29.9. The van der Waals surface area contributed by atoms with E-state index in [1.54, 1.807) is 0 Å². The maximum atomic E-state index is 2.92. The summed E-state index contributed by atoms with van der Waals surface area (Å²) in [5, 5.41) is 13.6. The van der Waals surface area contributed by atoms with Crippen LogP contribution in [-0.2, 0) is 16.2 Å². The molecular weight excluding hydrogens is 1170 g/mol. The predicted octanol–water partition coefficient (Wildman–Crippen LogP) is 14.5. The molecule has 0 N–H and O–H groups in total. The first-order chi connectivity index (χ1) is 45.6. The molecule has 3 aliphatic heterocycles. The maximum absolute atomic E-state index is 3.16. The number of aromatic nitrogens is 1. The van der Waals surface area contributed by atoms with E-state index in [2.05, 4.69) is 361 Å². The molecule has 1 fully saturated rings. The molecule has 3 nitrogen and oxygen atoms in total. The zero-order valence-electron chi connectivity index (χ0n) is 55.5. The highest BCUT2D eigenvalue weighted by molar-refractivity contribution is 7.21. The second kappa shape index (κ2) is 21.5. The zero-order chi connectivity index (χ0) is 63.9. The minimum absolute atomic E-state index is 0.00346. The Labute approximate surface area is 558 Å². The molecule has 2 atom stereocenters. The summed E-state index contributed by atoms with van der Waals surface area (Å²) in [6.07, 6.45) is 4.69. The van der Waals surface area contributed by atoms with Gasteiger partial charge >= 0.3 is 0 Å². The highest BCUT2D eigenvalue weighted by Crippen LogP contribution is 2.62. The van der Waals surface area contributed by atoms with E-state index in [1.165, 1.54) is 126 Å². The van der Waals surface area contributed by atoms with Gasteiger partial charge in [0.25, 0.3) is 6.71 Å². The van der Waals surface area contributed by atoms with E-state index >= 15 is 0 Å². The van der Waals surface area contributed by atoms with Crippen molar-refractivity contribution in [3.63, 3.8) is 0 Å². The third-order valence-corrected chi connectivity index (χ3v) is 32.4. The number of benzene rings is 12. The van der Waals surface area contributed by atoms with E-state index in [0.29, 0.717) is 0 Å². The topological polar surface area (TPSA) is 11.4 Å². The third-order valence-electron chi connectivity index (χ3n) is 22.9. The lowest BCUT2D eigenvalue weighted by Crippen LogP contribution is -2.75. The van der Waals surface area contributed by atoms with Crippen molar-refractivity contribution in [2.24, 2.45) is 0 Å². The van der Waals surface area contributed by atoms with Gasteiger partial charge in [-0.25, -0.2) is 0 Å². The van der Waals surface area contributed by atoms with Gasteiger partial charge in [-0.3, -0.25) is 0 Å². The molecule has 1 saturated carbocycles. The molecule has 1 aromatic heterocycles. The molecule has 0 spiro atoms. The molecule has 2 unspecified atom stereocenters. The number of hydrogen-bond donors (Lipinski definition) is 0. The number of nitrogens with zero attached hydrogens (tertiary/aromatic N) is 3. The van der Waals surface area contributed by atoms with E-state index in [1.807, 2.05) is 0 Å². The van der Waals surface area contributed by atoms with Crippen LogP contribution in [0.25, 0.3) is 27.5 Å². The fourth-order valence-corrected chi connectivity index (χ4v) is 27.8. The van der Waals surface area contributed by atoms with E-state index in [-0.39, 0.29) is 28.5 Å². The van der Waals surface area contributed by atoms with Crippen LogP contribution in [0.1, 0.15) is 97.8 Å². The zero-order valence-corrected chi connectivity index (χ0v) is 57.5. The van der Waals surface area contributed by atoms with Crippen LogP contribution in [-0.4, -0.2) is 33.0 Å². The van der Waals surface area contributed by atoms with Crippen LogP contribution in [0.3, 0.4) is 0 Å². The van der Waals surface area contributed by atoms with Gasteiger partial charge in [0.05, 0.1) is 16.7 Å². The number of rotatable bonds is 11. The molecule has 12 aromatic carbocycles. The fraction of sp³-hybridized carbons (Fsp3) is 0.182. The first-order valence-corrected chi connectivity index (χ1v) is 38.2. The minimum atomic E-state index is -3.16. The highest BCUT2D eigenvalue weighted by atomic mass is 28.3. The van der Waals surface area contributed by atoms with Gasteiger partial charge in [-0.15, -0.1) is 0 Å². The molecule has 0 bridgehead atoms. The van der Waals surface area contributed by atoms with Crippen molar-refractivity contribution in [3.05, 3.63) is 308 Å². The van der Waals surface area contributed by atoms with Crippen molar-refractivity contribution in [1.29, 1.82) is 0 Å². The average Bonchev–Trinajstić information content (AvgIpc) is 1.47. The summed E-state index contributed by atoms with van der Waals surface area (Å²) < 4.78 is 2.76. The third kappa shape index (κ3) is 8.40. The smallest absolute Gasteiger partial charge is 0.252 e. The van der Waals surface area contributed by atoms with Gasteiger partial charge in [0, 0.05) is 50.1 Å². The van der Waals surface area contributed by atoms with Crippen molar-refractivity contribution in [1.82, 2.24) is 4.57 Å². The molecule has 1 aliphatic carbocycles. The Hall–Kier alpha value is -9.46. The Morgan fingerprint density at radius 1 is 0.383 bits per heavy atom. The van der Waals surface area contributed by atoms with Crippen LogP contribution < -0.4 is 67.7 Å². The first-order valence-electron chi connectivity index (χ1n) is 34.2. The van der Waals surface area contributed by atoms with Crippen LogP contribution in [0.4, 0.5) is 28.4 Å². The van der Waals surface area contributed by atoms with Crippen molar-refractivity contribution in [2.45, 2.75) is 103 Å². The number of anilines is 5. The standard InChI is InChI=1S/C88H80BN3Si2/c1-85(2,3)61-44-48-63(49-45-61)90(64-50-46-62(47-51-64)86(4,5)6)65-56-80-82-81(57-65)92-84-76(87(7)54-27-28-55-88(87,92)8)42-29-43-77(84)89(82)78-60-73(94(69-36-21-12-22-37-69,70-38-23-13-24-39-70)71-40-25-14-26-41-71)59-75-74-58-72(52-53-79(74)91(80)83(75)78)93(66-30-15-9-16-31-66,67-32-17-10-18-33-67)68-34-19-11-20-35-68/h9-26,29-53,56-60H,27-28,54-55H2,1-8H3. The normalized spacial score (nSPS) is 17.2. The summed E-state index contributed by atoms with van der Waals surface area (Å²) in [4.78, 5) is 5.49. The van der Waals surface area contributed by atoms with E-state index in [9.17, 15) is 0 Å². The first kappa shape index (κ1) is 58.4.